The van der Waals surface area contributed by atoms with Crippen LogP contribution in [0.25, 0.3) is 0 Å². The average molecular weight is 311 g/mol. The number of aromatic nitrogens is 2. The molecule has 2 heterocycles. The first kappa shape index (κ1) is 14.4. The van der Waals surface area contributed by atoms with Crippen molar-refractivity contribution >= 4 is 5.91 Å². The number of nitrogens with zero attached hydrogens (tertiary/aromatic N) is 3. The van der Waals surface area contributed by atoms with Crippen molar-refractivity contribution in [3.05, 3.63) is 47.1 Å². The second kappa shape index (κ2) is 5.80. The van der Waals surface area contributed by atoms with Crippen LogP contribution in [0.15, 0.2) is 28.8 Å². The Morgan fingerprint density at radius 3 is 3.04 bits per heavy atom. The molecule has 0 bridgehead atoms. The lowest BCUT2D eigenvalue weighted by Gasteiger charge is -2.25. The molecule has 5 heteroatoms. The maximum absolute atomic E-state index is 13.1. The highest BCUT2D eigenvalue weighted by Crippen LogP contribution is 2.38. The van der Waals surface area contributed by atoms with Crippen LogP contribution < -0.4 is 0 Å². The summed E-state index contributed by atoms with van der Waals surface area (Å²) in [6, 6.07) is 8.28. The minimum absolute atomic E-state index is 0.00986. The molecule has 1 saturated heterocycles. The highest BCUT2D eigenvalue weighted by atomic mass is 16.5. The summed E-state index contributed by atoms with van der Waals surface area (Å²) in [6.07, 6.45) is 4.55. The Morgan fingerprint density at radius 1 is 1.35 bits per heavy atom. The van der Waals surface area contributed by atoms with Gasteiger partial charge in [-0.3, -0.25) is 4.79 Å². The number of fused-ring (bicyclic) bond motifs is 1. The van der Waals surface area contributed by atoms with Gasteiger partial charge in [0.25, 0.3) is 0 Å². The number of rotatable bonds is 3. The SMILES string of the molecule is CCc1nc([C@H]2CCCN2C(=O)[C@H]2CCc3ccccc32)no1. The summed E-state index contributed by atoms with van der Waals surface area (Å²) in [5.41, 5.74) is 2.51. The first-order valence-electron chi connectivity index (χ1n) is 8.48. The summed E-state index contributed by atoms with van der Waals surface area (Å²) in [7, 11) is 0. The van der Waals surface area contributed by atoms with E-state index in [0.717, 1.165) is 38.6 Å². The van der Waals surface area contributed by atoms with E-state index >= 15 is 0 Å². The third-order valence-electron chi connectivity index (χ3n) is 5.05. The molecule has 1 fully saturated rings. The molecule has 1 aliphatic heterocycles. The third kappa shape index (κ3) is 2.44. The molecule has 23 heavy (non-hydrogen) atoms. The van der Waals surface area contributed by atoms with Crippen molar-refractivity contribution in [1.82, 2.24) is 15.0 Å². The van der Waals surface area contributed by atoms with Crippen molar-refractivity contribution in [2.75, 3.05) is 6.54 Å². The van der Waals surface area contributed by atoms with E-state index < -0.39 is 0 Å². The zero-order valence-electron chi connectivity index (χ0n) is 13.4. The molecule has 1 amide bonds. The van der Waals surface area contributed by atoms with Gasteiger partial charge in [0.2, 0.25) is 11.8 Å². The summed E-state index contributed by atoms with van der Waals surface area (Å²) in [4.78, 5) is 19.5. The van der Waals surface area contributed by atoms with Crippen molar-refractivity contribution in [3.63, 3.8) is 0 Å². The molecule has 0 radical (unpaired) electrons. The van der Waals surface area contributed by atoms with E-state index in [4.69, 9.17) is 4.52 Å². The molecule has 2 aliphatic rings. The van der Waals surface area contributed by atoms with Gasteiger partial charge < -0.3 is 9.42 Å². The predicted molar refractivity (Wildman–Crippen MR) is 84.9 cm³/mol. The summed E-state index contributed by atoms with van der Waals surface area (Å²) in [5.74, 6) is 1.52. The Hall–Kier alpha value is -2.17. The Bertz CT molecular complexity index is 725. The van der Waals surface area contributed by atoms with Crippen LogP contribution in [0, 0.1) is 0 Å². The summed E-state index contributed by atoms with van der Waals surface area (Å²) in [5, 5.41) is 4.09. The lowest BCUT2D eigenvalue weighted by atomic mass is 9.99. The first-order chi connectivity index (χ1) is 11.3. The van der Waals surface area contributed by atoms with Gasteiger partial charge in [0.1, 0.15) is 0 Å². The Morgan fingerprint density at radius 2 is 2.22 bits per heavy atom. The van der Waals surface area contributed by atoms with Gasteiger partial charge in [-0.15, -0.1) is 0 Å². The van der Waals surface area contributed by atoms with Crippen LogP contribution in [-0.4, -0.2) is 27.5 Å². The highest BCUT2D eigenvalue weighted by Gasteiger charge is 2.38. The molecule has 0 unspecified atom stereocenters. The maximum Gasteiger partial charge on any atom is 0.230 e. The fraction of sp³-hybridized carbons (Fsp3) is 0.500. The fourth-order valence-corrected chi connectivity index (χ4v) is 3.86. The largest absolute Gasteiger partial charge is 0.339 e. The van der Waals surface area contributed by atoms with E-state index in [9.17, 15) is 4.79 Å². The molecule has 1 aromatic heterocycles. The lowest BCUT2D eigenvalue weighted by Crippen LogP contribution is -2.34. The topological polar surface area (TPSA) is 59.2 Å². The van der Waals surface area contributed by atoms with E-state index in [1.165, 1.54) is 11.1 Å². The van der Waals surface area contributed by atoms with E-state index in [2.05, 4.69) is 28.3 Å². The monoisotopic (exact) mass is 311 g/mol. The van der Waals surface area contributed by atoms with Crippen LogP contribution in [-0.2, 0) is 17.6 Å². The number of amides is 1. The molecular weight excluding hydrogens is 290 g/mol. The zero-order valence-corrected chi connectivity index (χ0v) is 13.4. The molecule has 2 atom stereocenters. The fourth-order valence-electron chi connectivity index (χ4n) is 3.86. The number of carbonyl (C=O) groups excluding carboxylic acids is 1. The second-order valence-electron chi connectivity index (χ2n) is 6.38. The number of likely N-dealkylation sites (tertiary alicyclic amines) is 1. The molecule has 120 valence electrons. The van der Waals surface area contributed by atoms with Gasteiger partial charge >= 0.3 is 0 Å². The van der Waals surface area contributed by atoms with Gasteiger partial charge in [-0.2, -0.15) is 4.98 Å². The highest BCUT2D eigenvalue weighted by molar-refractivity contribution is 5.85. The van der Waals surface area contributed by atoms with Crippen LogP contribution in [0.3, 0.4) is 0 Å². The van der Waals surface area contributed by atoms with Gasteiger partial charge in [-0.1, -0.05) is 36.3 Å². The number of hydrogen-bond donors (Lipinski definition) is 0. The van der Waals surface area contributed by atoms with E-state index in [1.54, 1.807) is 0 Å². The van der Waals surface area contributed by atoms with Crippen molar-refractivity contribution < 1.29 is 9.32 Å². The Kier molecular flexibility index (Phi) is 3.63. The minimum atomic E-state index is -0.0284. The Balaban J connectivity index is 1.58. The maximum atomic E-state index is 13.1. The summed E-state index contributed by atoms with van der Waals surface area (Å²) < 4.78 is 5.24. The first-order valence-corrected chi connectivity index (χ1v) is 8.48. The predicted octanol–water partition coefficient (Wildman–Crippen LogP) is 3.03. The third-order valence-corrected chi connectivity index (χ3v) is 5.05. The Labute approximate surface area is 135 Å². The van der Waals surface area contributed by atoms with E-state index in [-0.39, 0.29) is 17.9 Å². The standard InChI is InChI=1S/C18H21N3O2/c1-2-16-19-17(20-23-16)15-8-5-11-21(15)18(22)14-10-9-12-6-3-4-7-13(12)14/h3-4,6-7,14-15H,2,5,8-11H2,1H3/t14-,15+/m0/s1. The van der Waals surface area contributed by atoms with E-state index in [0.29, 0.717) is 11.7 Å². The molecule has 4 rings (SSSR count). The van der Waals surface area contributed by atoms with Crippen molar-refractivity contribution in [1.29, 1.82) is 0 Å². The van der Waals surface area contributed by atoms with Gasteiger partial charge in [0.05, 0.1) is 12.0 Å². The quantitative estimate of drug-likeness (QED) is 0.874. The van der Waals surface area contributed by atoms with Gasteiger partial charge in [-0.25, -0.2) is 0 Å². The normalized spacial score (nSPS) is 23.3. The van der Waals surface area contributed by atoms with Crippen molar-refractivity contribution in [2.45, 2.75) is 51.0 Å². The minimum Gasteiger partial charge on any atom is -0.339 e. The van der Waals surface area contributed by atoms with Crippen LogP contribution in [0.5, 0.6) is 0 Å². The van der Waals surface area contributed by atoms with Crippen LogP contribution >= 0.6 is 0 Å². The molecular formula is C18H21N3O2. The molecule has 0 saturated carbocycles. The van der Waals surface area contributed by atoms with Gasteiger partial charge in [0, 0.05) is 13.0 Å². The molecule has 5 nitrogen and oxygen atoms in total. The molecule has 2 aromatic rings. The number of benzene rings is 1. The number of hydrogen-bond acceptors (Lipinski definition) is 4. The van der Waals surface area contributed by atoms with Crippen molar-refractivity contribution in [2.24, 2.45) is 0 Å². The van der Waals surface area contributed by atoms with Crippen LogP contribution in [0.1, 0.15) is 61.0 Å². The number of aryl methyl sites for hydroxylation is 2. The van der Waals surface area contributed by atoms with Gasteiger partial charge in [-0.05, 0) is 36.8 Å². The van der Waals surface area contributed by atoms with Crippen LogP contribution in [0.4, 0.5) is 0 Å². The zero-order chi connectivity index (χ0) is 15.8. The molecule has 1 aliphatic carbocycles. The lowest BCUT2D eigenvalue weighted by molar-refractivity contribution is -0.133. The summed E-state index contributed by atoms with van der Waals surface area (Å²) in [6.45, 7) is 2.78. The number of carbonyl (C=O) groups is 1. The molecule has 0 spiro atoms. The summed E-state index contributed by atoms with van der Waals surface area (Å²) >= 11 is 0. The van der Waals surface area contributed by atoms with Crippen LogP contribution in [0.2, 0.25) is 0 Å². The smallest absolute Gasteiger partial charge is 0.230 e. The molecule has 0 N–H and O–H groups in total. The van der Waals surface area contributed by atoms with Gasteiger partial charge in [0.15, 0.2) is 5.82 Å². The second-order valence-corrected chi connectivity index (χ2v) is 6.38. The van der Waals surface area contributed by atoms with Crippen molar-refractivity contribution in [3.8, 4) is 0 Å². The average Bonchev–Trinajstić information content (AvgIpc) is 3.31. The van der Waals surface area contributed by atoms with E-state index in [1.807, 2.05) is 17.9 Å². The molecule has 1 aromatic carbocycles.